The average molecular weight is 336 g/mol. The summed E-state index contributed by atoms with van der Waals surface area (Å²) < 4.78 is 1.75. The van der Waals surface area contributed by atoms with Crippen LogP contribution in [-0.4, -0.2) is 56.7 Å². The molecule has 4 rings (SSSR count). The zero-order valence-corrected chi connectivity index (χ0v) is 14.2. The largest absolute Gasteiger partial charge is 0.354 e. The quantitative estimate of drug-likeness (QED) is 0.713. The van der Waals surface area contributed by atoms with Crippen LogP contribution < -0.4 is 4.90 Å². The molecule has 3 aromatic rings. The SMILES string of the molecule is Cn1ncc2c(N3CCCN(C(=O)c4ccccc4)CC3)ncnc21. The van der Waals surface area contributed by atoms with Crippen LogP contribution in [0.5, 0.6) is 0 Å². The minimum Gasteiger partial charge on any atom is -0.354 e. The van der Waals surface area contributed by atoms with Crippen molar-refractivity contribution in [3.05, 3.63) is 48.4 Å². The van der Waals surface area contributed by atoms with Crippen molar-refractivity contribution in [1.82, 2.24) is 24.6 Å². The number of nitrogens with zero attached hydrogens (tertiary/aromatic N) is 6. The van der Waals surface area contributed by atoms with Gasteiger partial charge in [-0.15, -0.1) is 0 Å². The second kappa shape index (κ2) is 6.51. The Morgan fingerprint density at radius 3 is 2.72 bits per heavy atom. The van der Waals surface area contributed by atoms with Gasteiger partial charge in [0.25, 0.3) is 5.91 Å². The number of hydrogen-bond donors (Lipinski definition) is 0. The maximum atomic E-state index is 12.7. The van der Waals surface area contributed by atoms with Crippen molar-refractivity contribution in [2.24, 2.45) is 7.05 Å². The third-order valence-corrected chi connectivity index (χ3v) is 4.61. The van der Waals surface area contributed by atoms with Crippen molar-refractivity contribution in [1.29, 1.82) is 0 Å². The Morgan fingerprint density at radius 2 is 1.88 bits per heavy atom. The number of rotatable bonds is 2. The number of aromatic nitrogens is 4. The van der Waals surface area contributed by atoms with Crippen molar-refractivity contribution in [3.63, 3.8) is 0 Å². The molecule has 0 spiro atoms. The molecule has 1 saturated heterocycles. The highest BCUT2D eigenvalue weighted by molar-refractivity contribution is 5.94. The second-order valence-electron chi connectivity index (χ2n) is 6.20. The molecular formula is C18H20N6O. The monoisotopic (exact) mass is 336 g/mol. The van der Waals surface area contributed by atoms with Crippen molar-refractivity contribution in [2.75, 3.05) is 31.1 Å². The van der Waals surface area contributed by atoms with Gasteiger partial charge < -0.3 is 9.80 Å². The van der Waals surface area contributed by atoms with Gasteiger partial charge in [0.05, 0.1) is 11.6 Å². The normalized spacial score (nSPS) is 15.4. The molecule has 7 nitrogen and oxygen atoms in total. The molecule has 128 valence electrons. The minimum absolute atomic E-state index is 0.0941. The zero-order valence-electron chi connectivity index (χ0n) is 14.2. The smallest absolute Gasteiger partial charge is 0.253 e. The fourth-order valence-corrected chi connectivity index (χ4v) is 3.30. The maximum Gasteiger partial charge on any atom is 0.253 e. The van der Waals surface area contributed by atoms with E-state index in [1.165, 1.54) is 0 Å². The third kappa shape index (κ3) is 2.93. The first kappa shape index (κ1) is 15.6. The van der Waals surface area contributed by atoms with Gasteiger partial charge in [0.2, 0.25) is 0 Å². The lowest BCUT2D eigenvalue weighted by Gasteiger charge is -2.23. The number of hydrogen-bond acceptors (Lipinski definition) is 5. The number of carbonyl (C=O) groups is 1. The fourth-order valence-electron chi connectivity index (χ4n) is 3.30. The molecular weight excluding hydrogens is 316 g/mol. The van der Waals surface area contributed by atoms with Gasteiger partial charge in [0.15, 0.2) is 5.65 Å². The van der Waals surface area contributed by atoms with E-state index >= 15 is 0 Å². The number of aryl methyl sites for hydroxylation is 1. The molecule has 0 unspecified atom stereocenters. The van der Waals surface area contributed by atoms with Crippen LogP contribution in [-0.2, 0) is 7.05 Å². The van der Waals surface area contributed by atoms with Crippen LogP contribution in [0.15, 0.2) is 42.9 Å². The van der Waals surface area contributed by atoms with Gasteiger partial charge in [-0.05, 0) is 18.6 Å². The maximum absolute atomic E-state index is 12.7. The van der Waals surface area contributed by atoms with Gasteiger partial charge in [-0.3, -0.25) is 9.48 Å². The van der Waals surface area contributed by atoms with E-state index in [9.17, 15) is 4.79 Å². The van der Waals surface area contributed by atoms with Crippen LogP contribution in [0.25, 0.3) is 11.0 Å². The molecule has 0 saturated carbocycles. The third-order valence-electron chi connectivity index (χ3n) is 4.61. The Kier molecular flexibility index (Phi) is 4.05. The van der Waals surface area contributed by atoms with Crippen molar-refractivity contribution >= 4 is 22.8 Å². The molecule has 1 aliphatic rings. The summed E-state index contributed by atoms with van der Waals surface area (Å²) in [5.41, 5.74) is 1.57. The summed E-state index contributed by atoms with van der Waals surface area (Å²) >= 11 is 0. The summed E-state index contributed by atoms with van der Waals surface area (Å²) in [7, 11) is 1.88. The summed E-state index contributed by atoms with van der Waals surface area (Å²) in [5, 5.41) is 5.23. The molecule has 3 heterocycles. The van der Waals surface area contributed by atoms with Crippen molar-refractivity contribution in [2.45, 2.75) is 6.42 Å². The van der Waals surface area contributed by atoms with Crippen LogP contribution in [0.2, 0.25) is 0 Å². The van der Waals surface area contributed by atoms with Gasteiger partial charge in [0, 0.05) is 38.8 Å². The first-order valence-electron chi connectivity index (χ1n) is 8.46. The first-order valence-corrected chi connectivity index (χ1v) is 8.46. The number of fused-ring (bicyclic) bond motifs is 1. The highest BCUT2D eigenvalue weighted by Crippen LogP contribution is 2.23. The van der Waals surface area contributed by atoms with E-state index in [-0.39, 0.29) is 5.91 Å². The Morgan fingerprint density at radius 1 is 1.04 bits per heavy atom. The molecule has 1 aliphatic heterocycles. The van der Waals surface area contributed by atoms with Crippen LogP contribution in [0.4, 0.5) is 5.82 Å². The fraction of sp³-hybridized carbons (Fsp3) is 0.333. The predicted molar refractivity (Wildman–Crippen MR) is 95.5 cm³/mol. The van der Waals surface area contributed by atoms with Crippen molar-refractivity contribution < 1.29 is 4.79 Å². The second-order valence-corrected chi connectivity index (χ2v) is 6.20. The Labute approximate surface area is 145 Å². The molecule has 25 heavy (non-hydrogen) atoms. The summed E-state index contributed by atoms with van der Waals surface area (Å²) in [4.78, 5) is 25.6. The Bertz CT molecular complexity index is 891. The van der Waals surface area contributed by atoms with Gasteiger partial charge in [0.1, 0.15) is 12.1 Å². The standard InChI is InChI=1S/C18H20N6O/c1-22-16-15(12-21-22)17(20-13-19-16)23-8-5-9-24(11-10-23)18(25)14-6-3-2-4-7-14/h2-4,6-7,12-13H,5,8-11H2,1H3. The van der Waals surface area contributed by atoms with Crippen LogP contribution in [0.3, 0.4) is 0 Å². The van der Waals surface area contributed by atoms with E-state index in [0.717, 1.165) is 48.5 Å². The molecule has 0 aliphatic carbocycles. The number of amides is 1. The van der Waals surface area contributed by atoms with E-state index in [1.54, 1.807) is 11.0 Å². The summed E-state index contributed by atoms with van der Waals surface area (Å²) in [6.45, 7) is 3.05. The Balaban J connectivity index is 1.54. The number of carbonyl (C=O) groups excluding carboxylic acids is 1. The molecule has 2 aromatic heterocycles. The van der Waals surface area contributed by atoms with Crippen molar-refractivity contribution in [3.8, 4) is 0 Å². The van der Waals surface area contributed by atoms with Crippen LogP contribution in [0, 0.1) is 0 Å². The van der Waals surface area contributed by atoms with E-state index in [4.69, 9.17) is 0 Å². The van der Waals surface area contributed by atoms with E-state index < -0.39 is 0 Å². The minimum atomic E-state index is 0.0941. The van der Waals surface area contributed by atoms with E-state index in [1.807, 2.05) is 48.5 Å². The van der Waals surface area contributed by atoms with Gasteiger partial charge in [-0.2, -0.15) is 5.10 Å². The lowest BCUT2D eigenvalue weighted by atomic mass is 10.2. The molecule has 1 fully saturated rings. The van der Waals surface area contributed by atoms with Crippen LogP contribution in [0.1, 0.15) is 16.8 Å². The average Bonchev–Trinajstić information content (AvgIpc) is 2.89. The topological polar surface area (TPSA) is 67.2 Å². The molecule has 1 aromatic carbocycles. The summed E-state index contributed by atoms with van der Waals surface area (Å²) in [6.07, 6.45) is 4.30. The number of benzene rings is 1. The summed E-state index contributed by atoms with van der Waals surface area (Å²) in [5.74, 6) is 0.990. The summed E-state index contributed by atoms with van der Waals surface area (Å²) in [6, 6.07) is 9.47. The van der Waals surface area contributed by atoms with Gasteiger partial charge >= 0.3 is 0 Å². The van der Waals surface area contributed by atoms with E-state index in [0.29, 0.717) is 6.54 Å². The molecule has 0 N–H and O–H groups in total. The number of anilines is 1. The van der Waals surface area contributed by atoms with Crippen LogP contribution >= 0.6 is 0 Å². The lowest BCUT2D eigenvalue weighted by Crippen LogP contribution is -2.35. The van der Waals surface area contributed by atoms with E-state index in [2.05, 4.69) is 20.0 Å². The Hall–Kier alpha value is -2.96. The molecule has 1 amide bonds. The first-order chi connectivity index (χ1) is 12.2. The zero-order chi connectivity index (χ0) is 17.2. The molecule has 0 bridgehead atoms. The molecule has 0 atom stereocenters. The molecule has 0 radical (unpaired) electrons. The molecule has 7 heteroatoms. The van der Waals surface area contributed by atoms with Gasteiger partial charge in [-0.1, -0.05) is 18.2 Å². The highest BCUT2D eigenvalue weighted by atomic mass is 16.2. The highest BCUT2D eigenvalue weighted by Gasteiger charge is 2.22. The van der Waals surface area contributed by atoms with Gasteiger partial charge in [-0.25, -0.2) is 9.97 Å². The predicted octanol–water partition coefficient (Wildman–Crippen LogP) is 1.72. The lowest BCUT2D eigenvalue weighted by molar-refractivity contribution is 0.0767.